The van der Waals surface area contributed by atoms with Gasteiger partial charge >= 0.3 is 11.9 Å². The van der Waals surface area contributed by atoms with Gasteiger partial charge in [0.2, 0.25) is 0 Å². The molecule has 0 aromatic heterocycles. The average Bonchev–Trinajstić information content (AvgIpc) is 2.73. The maximum atomic E-state index is 10.8. The molecule has 176 valence electrons. The Morgan fingerprint density at radius 2 is 1.24 bits per heavy atom. The number of carbonyl (C=O) groups is 3. The van der Waals surface area contributed by atoms with E-state index in [0.717, 1.165) is 6.42 Å². The standard InChI is InChI=1S/C7H14O2.C6H10O2.C5H10.C2H4O2.C2H6.CH4/c1-5-7(2,3)6(8)9-4;1-4-5(2)6(7)8-3;1-4-5(2)3;1-4-2-3;1-2;/h5H2,1-4H3;4H,1-3H3;4H,1-3H3;2H,1H3;1-2H3;1H4/b;5-4+;;;;. The highest BCUT2D eigenvalue weighted by atomic mass is 16.5. The molecule has 0 unspecified atom stereocenters. The van der Waals surface area contributed by atoms with Crippen LogP contribution in [0.25, 0.3) is 0 Å². The number of esters is 2. The Kier molecular flexibility index (Phi) is 43.6. The van der Waals surface area contributed by atoms with Crippen LogP contribution < -0.4 is 0 Å². The first kappa shape index (κ1) is 41.3. The van der Waals surface area contributed by atoms with Gasteiger partial charge in [-0.05, 0) is 54.9 Å². The molecule has 0 aliphatic rings. The third-order valence-corrected chi connectivity index (χ3v) is 3.24. The third kappa shape index (κ3) is 37.4. The zero-order valence-corrected chi connectivity index (χ0v) is 20.4. The molecule has 0 bridgehead atoms. The first-order valence-corrected chi connectivity index (χ1v) is 9.31. The molecule has 0 fully saturated rings. The minimum absolute atomic E-state index is 0. The summed E-state index contributed by atoms with van der Waals surface area (Å²) in [6.07, 6.45) is 4.62. The highest BCUT2D eigenvalue weighted by Gasteiger charge is 2.25. The predicted molar refractivity (Wildman–Crippen MR) is 124 cm³/mol. The maximum absolute atomic E-state index is 10.8. The van der Waals surface area contributed by atoms with Crippen molar-refractivity contribution >= 4 is 18.4 Å². The fraction of sp³-hybridized carbons (Fsp3) is 0.696. The lowest BCUT2D eigenvalue weighted by molar-refractivity contribution is -0.150. The van der Waals surface area contributed by atoms with E-state index in [-0.39, 0.29) is 24.8 Å². The van der Waals surface area contributed by atoms with Gasteiger partial charge in [-0.15, -0.1) is 0 Å². The summed E-state index contributed by atoms with van der Waals surface area (Å²) >= 11 is 0. The number of rotatable bonds is 4. The number of carbonyl (C=O) groups excluding carboxylic acids is 3. The largest absolute Gasteiger partial charge is 0.471 e. The normalized spacial score (nSPS) is 8.66. The molecule has 0 spiro atoms. The van der Waals surface area contributed by atoms with E-state index in [1.54, 1.807) is 19.9 Å². The molecule has 0 heterocycles. The topological polar surface area (TPSA) is 78.9 Å². The Labute approximate surface area is 180 Å². The molecule has 0 atom stereocenters. The molecule has 0 radical (unpaired) electrons. The van der Waals surface area contributed by atoms with Crippen LogP contribution in [0.3, 0.4) is 0 Å². The zero-order valence-electron chi connectivity index (χ0n) is 20.4. The van der Waals surface area contributed by atoms with Crippen molar-refractivity contribution in [3.8, 4) is 0 Å². The van der Waals surface area contributed by atoms with Crippen LogP contribution in [0, 0.1) is 5.41 Å². The van der Waals surface area contributed by atoms with Crippen LogP contribution in [0.15, 0.2) is 23.3 Å². The van der Waals surface area contributed by atoms with Gasteiger partial charge in [-0.25, -0.2) is 4.79 Å². The first-order chi connectivity index (χ1) is 12.9. The van der Waals surface area contributed by atoms with Gasteiger partial charge in [-0.2, -0.15) is 0 Å². The third-order valence-electron chi connectivity index (χ3n) is 3.24. The van der Waals surface area contributed by atoms with Crippen LogP contribution in [-0.4, -0.2) is 39.7 Å². The van der Waals surface area contributed by atoms with Crippen LogP contribution in [0.1, 0.15) is 83.1 Å². The van der Waals surface area contributed by atoms with Crippen LogP contribution in [-0.2, 0) is 28.6 Å². The molecular formula is C23H48O6. The number of hydrogen-bond acceptors (Lipinski definition) is 6. The summed E-state index contributed by atoms with van der Waals surface area (Å²) in [7, 11) is 4.10. The van der Waals surface area contributed by atoms with Crippen LogP contribution in [0.4, 0.5) is 0 Å². The second kappa shape index (κ2) is 30.6. The van der Waals surface area contributed by atoms with Gasteiger partial charge in [-0.1, -0.05) is 45.9 Å². The van der Waals surface area contributed by atoms with Crippen molar-refractivity contribution in [3.05, 3.63) is 23.3 Å². The molecule has 0 aromatic rings. The fourth-order valence-electron chi connectivity index (χ4n) is 0.699. The van der Waals surface area contributed by atoms with Crippen LogP contribution >= 0.6 is 0 Å². The molecule has 0 amide bonds. The summed E-state index contributed by atoms with van der Waals surface area (Å²) in [5, 5.41) is 0. The molecular weight excluding hydrogens is 372 g/mol. The lowest BCUT2D eigenvalue weighted by Crippen LogP contribution is -2.24. The number of methoxy groups -OCH3 is 3. The van der Waals surface area contributed by atoms with Gasteiger partial charge in [0, 0.05) is 5.57 Å². The van der Waals surface area contributed by atoms with E-state index in [9.17, 15) is 9.59 Å². The maximum Gasteiger partial charge on any atom is 0.333 e. The monoisotopic (exact) mass is 420 g/mol. The van der Waals surface area contributed by atoms with E-state index in [2.05, 4.69) is 34.1 Å². The zero-order chi connectivity index (χ0) is 23.8. The van der Waals surface area contributed by atoms with Crippen molar-refractivity contribution in [2.75, 3.05) is 21.3 Å². The molecule has 6 nitrogen and oxygen atoms in total. The molecule has 0 rings (SSSR count). The number of ether oxygens (including phenoxy) is 3. The Hall–Kier alpha value is -2.11. The Balaban J connectivity index is -0.0000000608. The van der Waals surface area contributed by atoms with Gasteiger partial charge < -0.3 is 14.2 Å². The van der Waals surface area contributed by atoms with E-state index in [1.165, 1.54) is 26.9 Å². The summed E-state index contributed by atoms with van der Waals surface area (Å²) in [6.45, 7) is 19.8. The van der Waals surface area contributed by atoms with Crippen molar-refractivity contribution < 1.29 is 28.6 Å². The lowest BCUT2D eigenvalue weighted by Gasteiger charge is -2.17. The quantitative estimate of drug-likeness (QED) is 0.178. The van der Waals surface area contributed by atoms with Gasteiger partial charge in [0.05, 0.1) is 26.7 Å². The molecule has 0 saturated carbocycles. The summed E-state index contributed by atoms with van der Waals surface area (Å²) < 4.78 is 12.8. The molecule has 0 aromatic carbocycles. The van der Waals surface area contributed by atoms with Gasteiger partial charge in [0.15, 0.2) is 0 Å². The second-order valence-corrected chi connectivity index (χ2v) is 5.89. The van der Waals surface area contributed by atoms with E-state index in [4.69, 9.17) is 4.79 Å². The Bertz CT molecular complexity index is 431. The minimum Gasteiger partial charge on any atom is -0.471 e. The Morgan fingerprint density at radius 1 is 0.897 bits per heavy atom. The SMILES string of the molecule is C.C/C=C(\C)C(=O)OC.CC.CC=C(C)C.CCC(C)(C)C(=O)OC.COC=O. The Morgan fingerprint density at radius 3 is 1.31 bits per heavy atom. The highest BCUT2D eigenvalue weighted by Crippen LogP contribution is 2.20. The van der Waals surface area contributed by atoms with Gasteiger partial charge in [-0.3, -0.25) is 9.59 Å². The fourth-order valence-corrected chi connectivity index (χ4v) is 0.699. The van der Waals surface area contributed by atoms with Crippen molar-refractivity contribution in [2.45, 2.75) is 83.1 Å². The van der Waals surface area contributed by atoms with Crippen molar-refractivity contribution in [1.29, 1.82) is 0 Å². The molecule has 29 heavy (non-hydrogen) atoms. The van der Waals surface area contributed by atoms with E-state index in [1.807, 2.05) is 41.5 Å². The molecule has 0 N–H and O–H groups in total. The average molecular weight is 421 g/mol. The van der Waals surface area contributed by atoms with Crippen molar-refractivity contribution in [2.24, 2.45) is 5.41 Å². The van der Waals surface area contributed by atoms with E-state index < -0.39 is 0 Å². The first-order valence-electron chi connectivity index (χ1n) is 9.31. The summed E-state index contributed by atoms with van der Waals surface area (Å²) in [4.78, 5) is 30.2. The highest BCUT2D eigenvalue weighted by molar-refractivity contribution is 5.87. The van der Waals surface area contributed by atoms with Crippen LogP contribution in [0.2, 0.25) is 0 Å². The minimum atomic E-state index is -0.311. The smallest absolute Gasteiger partial charge is 0.333 e. The number of hydrogen-bond donors (Lipinski definition) is 0. The summed E-state index contributed by atoms with van der Waals surface area (Å²) in [5.41, 5.74) is 1.71. The summed E-state index contributed by atoms with van der Waals surface area (Å²) in [5.74, 6) is -0.391. The van der Waals surface area contributed by atoms with Gasteiger partial charge in [0.1, 0.15) is 0 Å². The molecule has 0 saturated heterocycles. The van der Waals surface area contributed by atoms with E-state index in [0.29, 0.717) is 12.0 Å². The predicted octanol–water partition coefficient (Wildman–Crippen LogP) is 6.15. The lowest BCUT2D eigenvalue weighted by atomic mass is 9.91. The summed E-state index contributed by atoms with van der Waals surface area (Å²) in [6, 6.07) is 0. The van der Waals surface area contributed by atoms with Crippen molar-refractivity contribution in [3.63, 3.8) is 0 Å². The van der Waals surface area contributed by atoms with Gasteiger partial charge in [0.25, 0.3) is 6.47 Å². The molecule has 0 aliphatic heterocycles. The molecule has 0 aliphatic carbocycles. The second-order valence-electron chi connectivity index (χ2n) is 5.89. The van der Waals surface area contributed by atoms with Crippen LogP contribution in [0.5, 0.6) is 0 Å². The van der Waals surface area contributed by atoms with E-state index >= 15 is 0 Å². The molecule has 6 heteroatoms. The number of allylic oxidation sites excluding steroid dienone is 3. The van der Waals surface area contributed by atoms with Crippen molar-refractivity contribution in [1.82, 2.24) is 0 Å².